The minimum absolute atomic E-state index is 0.104. The zero-order valence-corrected chi connectivity index (χ0v) is 9.87. The van der Waals surface area contributed by atoms with Crippen LogP contribution < -0.4 is 10.0 Å². The van der Waals surface area contributed by atoms with Crippen molar-refractivity contribution in [3.05, 3.63) is 23.9 Å². The van der Waals surface area contributed by atoms with Crippen LogP contribution in [-0.2, 0) is 10.0 Å². The summed E-state index contributed by atoms with van der Waals surface area (Å²) in [4.78, 5) is 3.78. The van der Waals surface area contributed by atoms with E-state index in [2.05, 4.69) is 15.0 Å². The lowest BCUT2D eigenvalue weighted by Crippen LogP contribution is -2.36. The predicted molar refractivity (Wildman–Crippen MR) is 60.5 cm³/mol. The van der Waals surface area contributed by atoms with Crippen molar-refractivity contribution < 1.29 is 8.42 Å². The van der Waals surface area contributed by atoms with Crippen molar-refractivity contribution in [1.82, 2.24) is 15.0 Å². The van der Waals surface area contributed by atoms with Crippen molar-refractivity contribution in [2.24, 2.45) is 0 Å². The number of hydrogen-bond donors (Lipinski definition) is 2. The van der Waals surface area contributed by atoms with E-state index in [-0.39, 0.29) is 16.6 Å². The maximum Gasteiger partial charge on any atom is 0.258 e. The predicted octanol–water partition coefficient (Wildman–Crippen LogP) is -0.407. The highest BCUT2D eigenvalue weighted by molar-refractivity contribution is 7.89. The summed E-state index contributed by atoms with van der Waals surface area (Å²) in [5, 5.41) is 11.7. The van der Waals surface area contributed by atoms with Gasteiger partial charge in [0.25, 0.3) is 10.0 Å². The Balaban J connectivity index is 2.22. The molecule has 90 valence electrons. The molecule has 1 aromatic rings. The summed E-state index contributed by atoms with van der Waals surface area (Å²) in [6.07, 6.45) is 2.08. The Bertz CT molecular complexity index is 544. The van der Waals surface area contributed by atoms with Gasteiger partial charge in [0.15, 0.2) is 5.03 Å². The summed E-state index contributed by atoms with van der Waals surface area (Å²) < 4.78 is 26.5. The van der Waals surface area contributed by atoms with Crippen molar-refractivity contribution >= 4 is 10.0 Å². The molecule has 1 fully saturated rings. The molecule has 1 atom stereocenters. The normalized spacial score (nSPS) is 20.1. The van der Waals surface area contributed by atoms with E-state index in [9.17, 15) is 8.42 Å². The molecule has 1 aromatic heterocycles. The van der Waals surface area contributed by atoms with E-state index < -0.39 is 10.0 Å². The van der Waals surface area contributed by atoms with E-state index in [1.54, 1.807) is 0 Å². The van der Waals surface area contributed by atoms with Gasteiger partial charge >= 0.3 is 0 Å². The van der Waals surface area contributed by atoms with Crippen LogP contribution in [0.4, 0.5) is 0 Å². The number of nitrogens with zero attached hydrogens (tertiary/aromatic N) is 2. The van der Waals surface area contributed by atoms with Crippen LogP contribution in [0.15, 0.2) is 23.4 Å². The van der Waals surface area contributed by atoms with E-state index >= 15 is 0 Å². The molecule has 0 aromatic carbocycles. The second kappa shape index (κ2) is 4.79. The molecule has 2 N–H and O–H groups in total. The van der Waals surface area contributed by atoms with Crippen LogP contribution in [0.1, 0.15) is 12.0 Å². The van der Waals surface area contributed by atoms with Gasteiger partial charge in [-0.25, -0.2) is 18.1 Å². The SMILES string of the molecule is N#Cc1ccnc(S(=O)(=O)N[C@@H]2CCNC2)c1. The van der Waals surface area contributed by atoms with Crippen LogP contribution in [0, 0.1) is 11.3 Å². The van der Waals surface area contributed by atoms with Gasteiger partial charge in [0.1, 0.15) is 0 Å². The highest BCUT2D eigenvalue weighted by Gasteiger charge is 2.23. The molecular weight excluding hydrogens is 240 g/mol. The molecule has 0 bridgehead atoms. The lowest BCUT2D eigenvalue weighted by atomic mass is 10.3. The van der Waals surface area contributed by atoms with Gasteiger partial charge in [-0.05, 0) is 25.1 Å². The van der Waals surface area contributed by atoms with Crippen molar-refractivity contribution in [3.63, 3.8) is 0 Å². The Morgan fingerprint density at radius 1 is 1.59 bits per heavy atom. The standard InChI is InChI=1S/C10H12N4O2S/c11-6-8-1-4-13-10(5-8)17(15,16)14-9-2-3-12-7-9/h1,4-5,9,12,14H,2-3,7H2/t9-/m1/s1. The van der Waals surface area contributed by atoms with Gasteiger partial charge in [0.05, 0.1) is 11.6 Å². The maximum absolute atomic E-state index is 11.9. The first-order chi connectivity index (χ1) is 8.12. The number of sulfonamides is 1. The molecule has 0 spiro atoms. The summed E-state index contributed by atoms with van der Waals surface area (Å²) in [7, 11) is -3.63. The van der Waals surface area contributed by atoms with Gasteiger partial charge in [-0.2, -0.15) is 5.26 Å². The molecule has 0 saturated carbocycles. The van der Waals surface area contributed by atoms with E-state index in [1.165, 1.54) is 18.3 Å². The fourth-order valence-electron chi connectivity index (χ4n) is 1.66. The molecule has 0 amide bonds. The fourth-order valence-corrected chi connectivity index (χ4v) is 2.90. The molecule has 1 aliphatic rings. The van der Waals surface area contributed by atoms with Crippen molar-refractivity contribution in [1.29, 1.82) is 5.26 Å². The van der Waals surface area contributed by atoms with Crippen LogP contribution in [-0.4, -0.2) is 32.5 Å². The van der Waals surface area contributed by atoms with E-state index in [1.807, 2.05) is 6.07 Å². The topological polar surface area (TPSA) is 94.9 Å². The van der Waals surface area contributed by atoms with E-state index in [0.29, 0.717) is 6.54 Å². The van der Waals surface area contributed by atoms with Crippen LogP contribution >= 0.6 is 0 Å². The van der Waals surface area contributed by atoms with Crippen LogP contribution in [0.2, 0.25) is 0 Å². The fraction of sp³-hybridized carbons (Fsp3) is 0.400. The highest BCUT2D eigenvalue weighted by atomic mass is 32.2. The molecule has 0 unspecified atom stereocenters. The first-order valence-electron chi connectivity index (χ1n) is 5.21. The highest BCUT2D eigenvalue weighted by Crippen LogP contribution is 2.09. The summed E-state index contributed by atoms with van der Waals surface area (Å²) in [6.45, 7) is 1.43. The first-order valence-corrected chi connectivity index (χ1v) is 6.69. The Morgan fingerprint density at radius 2 is 2.41 bits per heavy atom. The third-order valence-corrected chi connectivity index (χ3v) is 3.94. The quantitative estimate of drug-likeness (QED) is 0.762. The molecule has 2 heterocycles. The number of hydrogen-bond acceptors (Lipinski definition) is 5. The van der Waals surface area contributed by atoms with Gasteiger partial charge in [0.2, 0.25) is 0 Å². The van der Waals surface area contributed by atoms with Crippen LogP contribution in [0.25, 0.3) is 0 Å². The zero-order valence-electron chi connectivity index (χ0n) is 9.05. The Morgan fingerprint density at radius 3 is 3.06 bits per heavy atom. The summed E-state index contributed by atoms with van der Waals surface area (Å²) in [6, 6.07) is 4.52. The molecule has 6 nitrogen and oxygen atoms in total. The zero-order chi connectivity index (χ0) is 12.3. The van der Waals surface area contributed by atoms with Gasteiger partial charge in [-0.1, -0.05) is 0 Å². The van der Waals surface area contributed by atoms with Crippen molar-refractivity contribution in [3.8, 4) is 6.07 Å². The summed E-state index contributed by atoms with van der Waals surface area (Å²) >= 11 is 0. The maximum atomic E-state index is 11.9. The lowest BCUT2D eigenvalue weighted by Gasteiger charge is -2.11. The Labute approximate surface area is 99.7 Å². The lowest BCUT2D eigenvalue weighted by molar-refractivity contribution is 0.556. The number of nitrogens with one attached hydrogen (secondary N) is 2. The molecule has 7 heteroatoms. The van der Waals surface area contributed by atoms with Gasteiger partial charge in [0, 0.05) is 18.8 Å². The van der Waals surface area contributed by atoms with E-state index in [4.69, 9.17) is 5.26 Å². The Hall–Kier alpha value is -1.49. The van der Waals surface area contributed by atoms with Crippen LogP contribution in [0.3, 0.4) is 0 Å². The second-order valence-corrected chi connectivity index (χ2v) is 5.47. The second-order valence-electron chi connectivity index (χ2n) is 3.81. The molecule has 0 aliphatic carbocycles. The third-order valence-electron chi connectivity index (χ3n) is 2.52. The Kier molecular flexibility index (Phi) is 3.38. The van der Waals surface area contributed by atoms with Crippen LogP contribution in [0.5, 0.6) is 0 Å². The third kappa shape index (κ3) is 2.79. The molecular formula is C10H12N4O2S. The monoisotopic (exact) mass is 252 g/mol. The van der Waals surface area contributed by atoms with E-state index in [0.717, 1.165) is 13.0 Å². The molecule has 0 radical (unpaired) electrons. The summed E-state index contributed by atoms with van der Waals surface area (Å²) in [5.74, 6) is 0. The number of nitriles is 1. The molecule has 2 rings (SSSR count). The van der Waals surface area contributed by atoms with Gasteiger partial charge < -0.3 is 5.32 Å². The number of aromatic nitrogens is 1. The average Bonchev–Trinajstić information content (AvgIpc) is 2.81. The van der Waals surface area contributed by atoms with Gasteiger partial charge in [-0.15, -0.1) is 0 Å². The largest absolute Gasteiger partial charge is 0.315 e. The molecule has 1 aliphatic heterocycles. The smallest absolute Gasteiger partial charge is 0.258 e. The number of rotatable bonds is 3. The summed E-state index contributed by atoms with van der Waals surface area (Å²) in [5.41, 5.74) is 0.282. The molecule has 17 heavy (non-hydrogen) atoms. The van der Waals surface area contributed by atoms with Gasteiger partial charge in [-0.3, -0.25) is 0 Å². The minimum Gasteiger partial charge on any atom is -0.315 e. The minimum atomic E-state index is -3.63. The molecule has 1 saturated heterocycles. The number of pyridine rings is 1. The van der Waals surface area contributed by atoms with Crippen molar-refractivity contribution in [2.45, 2.75) is 17.5 Å². The van der Waals surface area contributed by atoms with Crippen molar-refractivity contribution in [2.75, 3.05) is 13.1 Å². The first kappa shape index (κ1) is 12.0. The average molecular weight is 252 g/mol.